The lowest BCUT2D eigenvalue weighted by molar-refractivity contribution is -0.135. The second-order valence-electron chi connectivity index (χ2n) is 10.4. The highest BCUT2D eigenvalue weighted by Crippen LogP contribution is 2.30. The Hall–Kier alpha value is -3.04. The van der Waals surface area contributed by atoms with Gasteiger partial charge in [0.05, 0.1) is 39.9 Å². The molecule has 3 aromatic rings. The molecule has 0 unspecified atom stereocenters. The number of amides is 1. The Kier molecular flexibility index (Phi) is 7.61. The number of aromatic nitrogens is 4. The van der Waals surface area contributed by atoms with Crippen LogP contribution in [0.4, 0.5) is 5.69 Å². The molecule has 1 aliphatic rings. The molecule has 0 radical (unpaired) electrons. The minimum Gasteiger partial charge on any atom is -0.383 e. The molecule has 1 aliphatic carbocycles. The fourth-order valence-corrected chi connectivity index (χ4v) is 4.67. The van der Waals surface area contributed by atoms with E-state index in [-0.39, 0.29) is 29.7 Å². The highest BCUT2D eigenvalue weighted by atomic mass is 35.5. The van der Waals surface area contributed by atoms with Gasteiger partial charge in [-0.05, 0) is 65.4 Å². The van der Waals surface area contributed by atoms with Gasteiger partial charge in [0.25, 0.3) is 5.91 Å². The molecule has 0 atom stereocenters. The molecule has 1 fully saturated rings. The summed E-state index contributed by atoms with van der Waals surface area (Å²) < 4.78 is 1.60. The van der Waals surface area contributed by atoms with Crippen molar-refractivity contribution < 1.29 is 14.7 Å². The van der Waals surface area contributed by atoms with Crippen LogP contribution in [0.2, 0.25) is 5.02 Å². The van der Waals surface area contributed by atoms with Crippen LogP contribution in [-0.2, 0) is 4.79 Å². The van der Waals surface area contributed by atoms with Crippen LogP contribution in [0, 0.1) is 5.92 Å². The number of anilines is 1. The van der Waals surface area contributed by atoms with Gasteiger partial charge in [-0.2, -0.15) is 5.10 Å². The summed E-state index contributed by atoms with van der Waals surface area (Å²) in [4.78, 5) is 34.3. The first-order valence-corrected chi connectivity index (χ1v) is 12.7. The number of ketones is 1. The fourth-order valence-electron chi connectivity index (χ4n) is 4.53. The second-order valence-corrected chi connectivity index (χ2v) is 10.8. The number of carbonyl (C=O) groups is 2. The molecule has 3 N–H and O–H groups in total. The topological polar surface area (TPSA) is 122 Å². The van der Waals surface area contributed by atoms with Crippen molar-refractivity contribution >= 4 is 34.6 Å². The van der Waals surface area contributed by atoms with Gasteiger partial charge in [0.1, 0.15) is 5.60 Å². The molecule has 10 heteroatoms. The smallest absolute Gasteiger partial charge is 0.255 e. The van der Waals surface area contributed by atoms with Gasteiger partial charge in [-0.1, -0.05) is 11.6 Å². The third-order valence-electron chi connectivity index (χ3n) is 6.53. The molecule has 3 aromatic heterocycles. The molecular formula is C26H33ClN6O3. The van der Waals surface area contributed by atoms with Crippen LogP contribution in [0.25, 0.3) is 16.9 Å². The van der Waals surface area contributed by atoms with Crippen LogP contribution in [0.15, 0.2) is 30.9 Å². The van der Waals surface area contributed by atoms with Crippen molar-refractivity contribution in [3.05, 3.63) is 41.4 Å². The first-order valence-electron chi connectivity index (χ1n) is 12.3. The standard InChI is InChI=1S/C26H33ClN6O3/c1-15(2)31-22-10-21(19-13-30-33-14-17(27)11-29-24(19)33)28-12-20(22)25(35)32-18-7-5-16(6-8-18)9-23(34)26(3,4)36/h10-16,18,36H,5-9H2,1-4H3,(H,28,31)(H,32,35). The third kappa shape index (κ3) is 6.02. The molecule has 0 bridgehead atoms. The fraction of sp³-hybridized carbons (Fsp3) is 0.500. The lowest BCUT2D eigenvalue weighted by atomic mass is 9.81. The SMILES string of the molecule is CC(C)Nc1cc(-c2cnn3cc(Cl)cnc23)ncc1C(=O)NC1CCC(CC(=O)C(C)(C)O)CC1. The number of carbonyl (C=O) groups excluding carboxylic acids is 2. The van der Waals surface area contributed by atoms with Crippen molar-refractivity contribution in [2.45, 2.75) is 77.5 Å². The summed E-state index contributed by atoms with van der Waals surface area (Å²) in [5.74, 6) is -0.0708. The van der Waals surface area contributed by atoms with Crippen LogP contribution in [0.5, 0.6) is 0 Å². The number of nitrogens with one attached hydrogen (secondary N) is 2. The van der Waals surface area contributed by atoms with Gasteiger partial charge in [0, 0.05) is 30.9 Å². The molecule has 9 nitrogen and oxygen atoms in total. The number of Topliss-reactive ketones (excluding diaryl/α,β-unsaturated/α-hetero) is 1. The van der Waals surface area contributed by atoms with Gasteiger partial charge >= 0.3 is 0 Å². The average molecular weight is 513 g/mol. The summed E-state index contributed by atoms with van der Waals surface area (Å²) in [5.41, 5.74) is 1.88. The molecule has 1 saturated carbocycles. The highest BCUT2D eigenvalue weighted by Gasteiger charge is 2.30. The average Bonchev–Trinajstić information content (AvgIpc) is 3.22. The summed E-state index contributed by atoms with van der Waals surface area (Å²) in [7, 11) is 0. The van der Waals surface area contributed by atoms with Gasteiger partial charge in [-0.3, -0.25) is 14.6 Å². The van der Waals surface area contributed by atoms with E-state index in [0.717, 1.165) is 31.2 Å². The maximum Gasteiger partial charge on any atom is 0.255 e. The molecule has 192 valence electrons. The Morgan fingerprint density at radius 1 is 1.17 bits per heavy atom. The zero-order chi connectivity index (χ0) is 26.0. The lowest BCUT2D eigenvalue weighted by Gasteiger charge is -2.30. The number of fused-ring (bicyclic) bond motifs is 1. The van der Waals surface area contributed by atoms with E-state index in [2.05, 4.69) is 25.7 Å². The normalized spacial score (nSPS) is 18.4. The number of hydrogen-bond acceptors (Lipinski definition) is 7. The van der Waals surface area contributed by atoms with Crippen molar-refractivity contribution in [3.8, 4) is 11.3 Å². The Morgan fingerprint density at radius 3 is 2.56 bits per heavy atom. The molecule has 0 saturated heterocycles. The number of aliphatic hydroxyl groups is 1. The summed E-state index contributed by atoms with van der Waals surface area (Å²) in [6.07, 6.45) is 10.2. The van der Waals surface area contributed by atoms with E-state index in [0.29, 0.717) is 34.0 Å². The zero-order valence-electron chi connectivity index (χ0n) is 21.1. The van der Waals surface area contributed by atoms with Crippen LogP contribution >= 0.6 is 11.6 Å². The van der Waals surface area contributed by atoms with Crippen molar-refractivity contribution in [1.29, 1.82) is 0 Å². The first kappa shape index (κ1) is 26.0. The van der Waals surface area contributed by atoms with Gasteiger partial charge in [0.15, 0.2) is 11.4 Å². The van der Waals surface area contributed by atoms with Gasteiger partial charge in [-0.25, -0.2) is 9.50 Å². The van der Waals surface area contributed by atoms with E-state index in [1.807, 2.05) is 19.9 Å². The molecule has 0 aliphatic heterocycles. The summed E-state index contributed by atoms with van der Waals surface area (Å²) in [6.45, 7) is 7.09. The maximum atomic E-state index is 13.2. The molecule has 0 spiro atoms. The maximum absolute atomic E-state index is 13.2. The Balaban J connectivity index is 1.47. The van der Waals surface area contributed by atoms with Gasteiger partial charge in [-0.15, -0.1) is 0 Å². The minimum absolute atomic E-state index is 0.0335. The summed E-state index contributed by atoms with van der Waals surface area (Å²) >= 11 is 6.02. The first-order chi connectivity index (χ1) is 17.0. The highest BCUT2D eigenvalue weighted by molar-refractivity contribution is 6.30. The van der Waals surface area contributed by atoms with Crippen molar-refractivity contribution in [1.82, 2.24) is 24.9 Å². The lowest BCUT2D eigenvalue weighted by Crippen LogP contribution is -2.39. The number of hydrogen-bond donors (Lipinski definition) is 3. The van der Waals surface area contributed by atoms with Gasteiger partial charge in [0.2, 0.25) is 0 Å². The molecule has 3 heterocycles. The molecule has 0 aromatic carbocycles. The van der Waals surface area contributed by atoms with Crippen molar-refractivity contribution in [3.63, 3.8) is 0 Å². The molecule has 1 amide bonds. The molecule has 4 rings (SSSR count). The quantitative estimate of drug-likeness (QED) is 0.411. The van der Waals surface area contributed by atoms with E-state index in [4.69, 9.17) is 11.6 Å². The van der Waals surface area contributed by atoms with Gasteiger partial charge < -0.3 is 15.7 Å². The molecule has 36 heavy (non-hydrogen) atoms. The Morgan fingerprint density at radius 2 is 1.89 bits per heavy atom. The van der Waals surface area contributed by atoms with Crippen LogP contribution in [-0.4, -0.2) is 54.1 Å². The number of pyridine rings is 1. The minimum atomic E-state index is -1.30. The largest absolute Gasteiger partial charge is 0.383 e. The number of nitrogens with zero attached hydrogens (tertiary/aromatic N) is 4. The summed E-state index contributed by atoms with van der Waals surface area (Å²) in [5, 5.41) is 21.2. The predicted molar refractivity (Wildman–Crippen MR) is 139 cm³/mol. The summed E-state index contributed by atoms with van der Waals surface area (Å²) in [6, 6.07) is 1.99. The van der Waals surface area contributed by atoms with E-state index < -0.39 is 5.60 Å². The monoisotopic (exact) mass is 512 g/mol. The zero-order valence-corrected chi connectivity index (χ0v) is 21.8. The van der Waals surface area contributed by atoms with Crippen LogP contribution < -0.4 is 10.6 Å². The number of rotatable bonds is 8. The van der Waals surface area contributed by atoms with E-state index in [1.165, 1.54) is 13.8 Å². The number of halogens is 1. The van der Waals surface area contributed by atoms with E-state index in [9.17, 15) is 14.7 Å². The predicted octanol–water partition coefficient (Wildman–Crippen LogP) is 4.28. The van der Waals surface area contributed by atoms with E-state index in [1.54, 1.807) is 29.3 Å². The van der Waals surface area contributed by atoms with Crippen LogP contribution in [0.3, 0.4) is 0 Å². The van der Waals surface area contributed by atoms with Crippen LogP contribution in [0.1, 0.15) is 70.2 Å². The molecular weight excluding hydrogens is 480 g/mol. The van der Waals surface area contributed by atoms with Crippen molar-refractivity contribution in [2.24, 2.45) is 5.92 Å². The second kappa shape index (κ2) is 10.5. The Bertz CT molecular complexity index is 1260. The Labute approximate surface area is 215 Å². The third-order valence-corrected chi connectivity index (χ3v) is 6.73. The van der Waals surface area contributed by atoms with E-state index >= 15 is 0 Å². The van der Waals surface area contributed by atoms with Crippen molar-refractivity contribution in [2.75, 3.05) is 5.32 Å².